The smallest absolute Gasteiger partial charge is 0.0225 e. The minimum Gasteiger partial charge on any atom is -0.362 e. The zero-order valence-electron chi connectivity index (χ0n) is 8.81. The van der Waals surface area contributed by atoms with E-state index >= 15 is 0 Å². The summed E-state index contributed by atoms with van der Waals surface area (Å²) in [4.78, 5) is 3.27. The second kappa shape index (κ2) is 3.79. The first-order chi connectivity index (χ1) is 6.00. The van der Waals surface area contributed by atoms with Gasteiger partial charge in [-0.3, -0.25) is 0 Å². The SMILES string of the molecule is C/C(=C\c1cc(C)[nH]c1C)C(C)N. The quantitative estimate of drug-likeness (QED) is 0.717. The van der Waals surface area contributed by atoms with Gasteiger partial charge in [0.1, 0.15) is 0 Å². The molecular weight excluding hydrogens is 160 g/mol. The maximum atomic E-state index is 5.76. The van der Waals surface area contributed by atoms with Gasteiger partial charge in [0.25, 0.3) is 0 Å². The average molecular weight is 178 g/mol. The molecule has 0 saturated carbocycles. The summed E-state index contributed by atoms with van der Waals surface area (Å²) in [7, 11) is 0. The Morgan fingerprint density at radius 3 is 2.54 bits per heavy atom. The molecule has 3 N–H and O–H groups in total. The molecule has 0 aromatic carbocycles. The molecule has 0 radical (unpaired) electrons. The first kappa shape index (κ1) is 10.1. The molecular formula is C11H18N2. The zero-order valence-corrected chi connectivity index (χ0v) is 8.81. The van der Waals surface area contributed by atoms with Crippen LogP contribution >= 0.6 is 0 Å². The Labute approximate surface area is 79.8 Å². The number of hydrogen-bond acceptors (Lipinski definition) is 1. The first-order valence-corrected chi connectivity index (χ1v) is 4.60. The van der Waals surface area contributed by atoms with Crippen molar-refractivity contribution >= 4 is 6.08 Å². The molecule has 1 unspecified atom stereocenters. The molecule has 2 heteroatoms. The zero-order chi connectivity index (χ0) is 10.0. The van der Waals surface area contributed by atoms with Gasteiger partial charge in [-0.15, -0.1) is 0 Å². The third-order valence-corrected chi connectivity index (χ3v) is 2.29. The molecule has 1 heterocycles. The molecule has 0 amide bonds. The summed E-state index contributed by atoms with van der Waals surface area (Å²) in [5.41, 5.74) is 10.6. The summed E-state index contributed by atoms with van der Waals surface area (Å²) < 4.78 is 0. The molecule has 1 aromatic heterocycles. The highest BCUT2D eigenvalue weighted by molar-refractivity contribution is 5.56. The fourth-order valence-electron chi connectivity index (χ4n) is 1.27. The van der Waals surface area contributed by atoms with Crippen molar-refractivity contribution < 1.29 is 0 Å². The predicted molar refractivity (Wildman–Crippen MR) is 57.6 cm³/mol. The van der Waals surface area contributed by atoms with Crippen LogP contribution in [0.1, 0.15) is 30.8 Å². The molecule has 2 nitrogen and oxygen atoms in total. The van der Waals surface area contributed by atoms with E-state index in [1.165, 1.54) is 22.5 Å². The van der Waals surface area contributed by atoms with Gasteiger partial charge in [0.15, 0.2) is 0 Å². The number of aromatic nitrogens is 1. The van der Waals surface area contributed by atoms with Crippen LogP contribution < -0.4 is 5.73 Å². The Hall–Kier alpha value is -1.02. The number of rotatable bonds is 2. The van der Waals surface area contributed by atoms with Crippen molar-refractivity contribution in [2.75, 3.05) is 0 Å². The van der Waals surface area contributed by atoms with E-state index in [2.05, 4.69) is 37.9 Å². The molecule has 0 aliphatic rings. The second-order valence-corrected chi connectivity index (χ2v) is 3.71. The fraction of sp³-hybridized carbons (Fsp3) is 0.455. The maximum Gasteiger partial charge on any atom is 0.0225 e. The van der Waals surface area contributed by atoms with Crippen LogP contribution in [-0.2, 0) is 0 Å². The Morgan fingerprint density at radius 2 is 2.15 bits per heavy atom. The fourth-order valence-corrected chi connectivity index (χ4v) is 1.27. The van der Waals surface area contributed by atoms with Crippen LogP contribution in [0.2, 0.25) is 0 Å². The highest BCUT2D eigenvalue weighted by atomic mass is 14.7. The molecule has 1 rings (SSSR count). The van der Waals surface area contributed by atoms with E-state index in [1.807, 2.05) is 6.92 Å². The molecule has 0 spiro atoms. The standard InChI is InChI=1S/C11H18N2/c1-7(9(3)12)5-11-6-8(2)13-10(11)4/h5-6,9,13H,12H2,1-4H3/b7-5+. The molecule has 13 heavy (non-hydrogen) atoms. The molecule has 1 aromatic rings. The molecule has 72 valence electrons. The van der Waals surface area contributed by atoms with Crippen LogP contribution in [0.15, 0.2) is 11.6 Å². The van der Waals surface area contributed by atoms with Gasteiger partial charge < -0.3 is 10.7 Å². The lowest BCUT2D eigenvalue weighted by atomic mass is 10.1. The van der Waals surface area contributed by atoms with Crippen molar-refractivity contribution in [3.63, 3.8) is 0 Å². The van der Waals surface area contributed by atoms with Crippen LogP contribution in [0.4, 0.5) is 0 Å². The van der Waals surface area contributed by atoms with E-state index in [0.717, 1.165) is 0 Å². The molecule has 0 saturated heterocycles. The molecule has 0 fully saturated rings. The number of aryl methyl sites for hydroxylation is 2. The van der Waals surface area contributed by atoms with Crippen molar-refractivity contribution in [2.45, 2.75) is 33.7 Å². The summed E-state index contributed by atoms with van der Waals surface area (Å²) in [6, 6.07) is 2.27. The normalized spacial score (nSPS) is 14.7. The molecule has 0 aliphatic carbocycles. The van der Waals surface area contributed by atoms with Gasteiger partial charge in [0.05, 0.1) is 0 Å². The summed E-state index contributed by atoms with van der Waals surface area (Å²) in [6.07, 6.45) is 2.14. The van der Waals surface area contributed by atoms with Gasteiger partial charge in [-0.1, -0.05) is 11.6 Å². The van der Waals surface area contributed by atoms with Crippen LogP contribution in [-0.4, -0.2) is 11.0 Å². The van der Waals surface area contributed by atoms with E-state index in [1.54, 1.807) is 0 Å². The lowest BCUT2D eigenvalue weighted by molar-refractivity contribution is 0.868. The van der Waals surface area contributed by atoms with Gasteiger partial charge in [-0.2, -0.15) is 0 Å². The molecule has 0 aliphatic heterocycles. The highest BCUT2D eigenvalue weighted by Crippen LogP contribution is 2.14. The predicted octanol–water partition coefficient (Wildman–Crippen LogP) is 2.38. The third-order valence-electron chi connectivity index (χ3n) is 2.29. The Morgan fingerprint density at radius 1 is 1.54 bits per heavy atom. The van der Waals surface area contributed by atoms with Gasteiger partial charge in [-0.25, -0.2) is 0 Å². The lowest BCUT2D eigenvalue weighted by Crippen LogP contribution is -2.15. The summed E-state index contributed by atoms with van der Waals surface area (Å²) in [5.74, 6) is 0. The van der Waals surface area contributed by atoms with Gasteiger partial charge in [-0.05, 0) is 39.3 Å². The van der Waals surface area contributed by atoms with E-state index < -0.39 is 0 Å². The van der Waals surface area contributed by atoms with Crippen molar-refractivity contribution in [1.29, 1.82) is 0 Å². The van der Waals surface area contributed by atoms with Crippen LogP contribution in [0.3, 0.4) is 0 Å². The van der Waals surface area contributed by atoms with Crippen molar-refractivity contribution in [2.24, 2.45) is 5.73 Å². The van der Waals surface area contributed by atoms with E-state index in [9.17, 15) is 0 Å². The van der Waals surface area contributed by atoms with E-state index in [4.69, 9.17) is 5.73 Å². The second-order valence-electron chi connectivity index (χ2n) is 3.71. The van der Waals surface area contributed by atoms with Crippen LogP contribution in [0.5, 0.6) is 0 Å². The number of aromatic amines is 1. The molecule has 1 atom stereocenters. The highest BCUT2D eigenvalue weighted by Gasteiger charge is 2.01. The van der Waals surface area contributed by atoms with E-state index in [0.29, 0.717) is 0 Å². The Balaban J connectivity index is 2.96. The number of hydrogen-bond donors (Lipinski definition) is 2. The topological polar surface area (TPSA) is 41.8 Å². The summed E-state index contributed by atoms with van der Waals surface area (Å²) in [5, 5.41) is 0. The summed E-state index contributed by atoms with van der Waals surface area (Å²) >= 11 is 0. The van der Waals surface area contributed by atoms with Crippen LogP contribution in [0, 0.1) is 13.8 Å². The van der Waals surface area contributed by atoms with Crippen molar-refractivity contribution in [3.8, 4) is 0 Å². The van der Waals surface area contributed by atoms with Crippen molar-refractivity contribution in [3.05, 3.63) is 28.6 Å². The lowest BCUT2D eigenvalue weighted by Gasteiger charge is -2.04. The number of H-pyrrole nitrogens is 1. The summed E-state index contributed by atoms with van der Waals surface area (Å²) in [6.45, 7) is 8.20. The minimum absolute atomic E-state index is 0.134. The van der Waals surface area contributed by atoms with Gasteiger partial charge in [0.2, 0.25) is 0 Å². The van der Waals surface area contributed by atoms with Gasteiger partial charge >= 0.3 is 0 Å². The number of nitrogens with one attached hydrogen (secondary N) is 1. The molecule has 0 bridgehead atoms. The van der Waals surface area contributed by atoms with E-state index in [-0.39, 0.29) is 6.04 Å². The number of nitrogens with two attached hydrogens (primary N) is 1. The van der Waals surface area contributed by atoms with Gasteiger partial charge in [0, 0.05) is 17.4 Å². The monoisotopic (exact) mass is 178 g/mol. The average Bonchev–Trinajstić information content (AvgIpc) is 2.30. The van der Waals surface area contributed by atoms with Crippen molar-refractivity contribution in [1.82, 2.24) is 4.98 Å². The first-order valence-electron chi connectivity index (χ1n) is 4.60. The Kier molecular flexibility index (Phi) is 2.94. The maximum absolute atomic E-state index is 5.76. The Bertz CT molecular complexity index is 319. The largest absolute Gasteiger partial charge is 0.362 e. The third kappa shape index (κ3) is 2.46. The minimum atomic E-state index is 0.134. The van der Waals surface area contributed by atoms with Crippen LogP contribution in [0.25, 0.3) is 6.08 Å².